The van der Waals surface area contributed by atoms with Gasteiger partial charge in [-0.2, -0.15) is 0 Å². The fourth-order valence-corrected chi connectivity index (χ4v) is 2.74. The predicted octanol–water partition coefficient (Wildman–Crippen LogP) is 2.89. The molecule has 2 aromatic rings. The summed E-state index contributed by atoms with van der Waals surface area (Å²) in [4.78, 5) is 24.4. The summed E-state index contributed by atoms with van der Waals surface area (Å²) in [6.45, 7) is 3.94. The maximum atomic E-state index is 12.9. The van der Waals surface area contributed by atoms with Crippen molar-refractivity contribution in [2.45, 2.75) is 32.7 Å². The third-order valence-electron chi connectivity index (χ3n) is 4.15. The molecule has 0 heterocycles. The summed E-state index contributed by atoms with van der Waals surface area (Å²) in [5.41, 5.74) is 3.80. The van der Waals surface area contributed by atoms with E-state index in [4.69, 9.17) is 4.74 Å². The van der Waals surface area contributed by atoms with Crippen LogP contribution in [-0.4, -0.2) is 25.0 Å². The maximum absolute atomic E-state index is 12.9. The van der Waals surface area contributed by atoms with Gasteiger partial charge in [0.2, 0.25) is 5.91 Å². The molecule has 0 bridgehead atoms. The van der Waals surface area contributed by atoms with Gasteiger partial charge in [-0.25, -0.2) is 9.18 Å². The molecule has 0 aliphatic carbocycles. The average molecular weight is 343 g/mol. The molecule has 0 fully saturated rings. The molecule has 0 saturated carbocycles. The van der Waals surface area contributed by atoms with Gasteiger partial charge in [0.05, 0.1) is 13.5 Å². The summed E-state index contributed by atoms with van der Waals surface area (Å²) in [6, 6.07) is 10.8. The molecule has 0 aromatic heterocycles. The Kier molecular flexibility index (Phi) is 6.28. The van der Waals surface area contributed by atoms with Crippen LogP contribution in [-0.2, 0) is 27.2 Å². The first-order chi connectivity index (χ1) is 11.9. The van der Waals surface area contributed by atoms with Crippen molar-refractivity contribution in [3.8, 4) is 0 Å². The van der Waals surface area contributed by atoms with Crippen LogP contribution in [0.1, 0.15) is 22.3 Å². The molecule has 0 radical (unpaired) electrons. The highest BCUT2D eigenvalue weighted by Crippen LogP contribution is 2.16. The number of amides is 1. The van der Waals surface area contributed by atoms with Gasteiger partial charge in [0.15, 0.2) is 0 Å². The topological polar surface area (TPSA) is 55.4 Å². The average Bonchev–Trinajstić information content (AvgIpc) is 2.58. The molecule has 5 heteroatoms. The molecular formula is C20H22FNO3. The minimum absolute atomic E-state index is 0.0700. The van der Waals surface area contributed by atoms with Crippen LogP contribution in [0.3, 0.4) is 0 Å². The summed E-state index contributed by atoms with van der Waals surface area (Å²) >= 11 is 0. The van der Waals surface area contributed by atoms with Gasteiger partial charge >= 0.3 is 5.97 Å². The standard InChI is InChI=1S/C20H22FNO3/c1-13-5-4-6-14(2)17(13)12-18(20(24)25-3)22-19(23)11-15-7-9-16(21)10-8-15/h4-10,18H,11-12H2,1-3H3,(H,22,23)/t18-/m1/s1. The largest absolute Gasteiger partial charge is 0.467 e. The highest BCUT2D eigenvalue weighted by molar-refractivity contribution is 5.85. The van der Waals surface area contributed by atoms with Gasteiger partial charge in [-0.05, 0) is 48.2 Å². The molecule has 132 valence electrons. The number of methoxy groups -OCH3 is 1. The van der Waals surface area contributed by atoms with Crippen LogP contribution in [0, 0.1) is 19.7 Å². The van der Waals surface area contributed by atoms with Crippen molar-refractivity contribution < 1.29 is 18.7 Å². The lowest BCUT2D eigenvalue weighted by atomic mass is 9.96. The molecule has 1 amide bonds. The minimum Gasteiger partial charge on any atom is -0.467 e. The highest BCUT2D eigenvalue weighted by atomic mass is 19.1. The zero-order valence-corrected chi connectivity index (χ0v) is 14.6. The van der Waals surface area contributed by atoms with Gasteiger partial charge in [0, 0.05) is 6.42 Å². The zero-order valence-electron chi connectivity index (χ0n) is 14.6. The summed E-state index contributed by atoms with van der Waals surface area (Å²) < 4.78 is 17.8. The Bertz CT molecular complexity index is 736. The van der Waals surface area contributed by atoms with Crippen molar-refractivity contribution in [2.24, 2.45) is 0 Å². The Labute approximate surface area is 147 Å². The Morgan fingerprint density at radius 1 is 1.08 bits per heavy atom. The molecule has 1 atom stereocenters. The van der Waals surface area contributed by atoms with Crippen LogP contribution in [0.5, 0.6) is 0 Å². The SMILES string of the molecule is COC(=O)[C@@H](Cc1c(C)cccc1C)NC(=O)Cc1ccc(F)cc1. The van der Waals surface area contributed by atoms with E-state index in [1.807, 2.05) is 32.0 Å². The minimum atomic E-state index is -0.766. The lowest BCUT2D eigenvalue weighted by Gasteiger charge is -2.19. The van der Waals surface area contributed by atoms with E-state index in [-0.39, 0.29) is 18.1 Å². The van der Waals surface area contributed by atoms with Crippen molar-refractivity contribution >= 4 is 11.9 Å². The first kappa shape index (κ1) is 18.6. The molecule has 2 aromatic carbocycles. The summed E-state index contributed by atoms with van der Waals surface area (Å²) in [7, 11) is 1.30. The number of carbonyl (C=O) groups is 2. The number of benzene rings is 2. The summed E-state index contributed by atoms with van der Waals surface area (Å²) in [5, 5.41) is 2.73. The van der Waals surface area contributed by atoms with Gasteiger partial charge in [-0.1, -0.05) is 30.3 Å². The summed E-state index contributed by atoms with van der Waals surface area (Å²) in [5.74, 6) is -1.16. The van der Waals surface area contributed by atoms with Gasteiger partial charge < -0.3 is 10.1 Å². The third kappa shape index (κ3) is 5.14. The monoisotopic (exact) mass is 343 g/mol. The number of rotatable bonds is 6. The third-order valence-corrected chi connectivity index (χ3v) is 4.15. The second-order valence-corrected chi connectivity index (χ2v) is 6.02. The molecule has 0 aliphatic heterocycles. The molecule has 2 rings (SSSR count). The first-order valence-corrected chi connectivity index (χ1v) is 8.07. The fourth-order valence-electron chi connectivity index (χ4n) is 2.74. The van der Waals surface area contributed by atoms with Gasteiger partial charge in [0.1, 0.15) is 11.9 Å². The quantitative estimate of drug-likeness (QED) is 0.821. The van der Waals surface area contributed by atoms with Gasteiger partial charge in [-0.15, -0.1) is 0 Å². The molecule has 1 N–H and O–H groups in total. The number of esters is 1. The number of nitrogens with one attached hydrogen (secondary N) is 1. The number of ether oxygens (including phenoxy) is 1. The van der Waals surface area contributed by atoms with Crippen LogP contribution in [0.2, 0.25) is 0 Å². The molecule has 0 spiro atoms. The highest BCUT2D eigenvalue weighted by Gasteiger charge is 2.23. The number of hydrogen-bond acceptors (Lipinski definition) is 3. The Morgan fingerprint density at radius 2 is 1.68 bits per heavy atom. The van der Waals surface area contributed by atoms with Crippen molar-refractivity contribution in [1.82, 2.24) is 5.32 Å². The van der Waals surface area contributed by atoms with E-state index in [0.29, 0.717) is 12.0 Å². The van der Waals surface area contributed by atoms with Crippen LogP contribution < -0.4 is 5.32 Å². The van der Waals surface area contributed by atoms with E-state index < -0.39 is 12.0 Å². The van der Waals surface area contributed by atoms with Crippen LogP contribution in [0.4, 0.5) is 4.39 Å². The van der Waals surface area contributed by atoms with Crippen LogP contribution in [0.25, 0.3) is 0 Å². The first-order valence-electron chi connectivity index (χ1n) is 8.07. The Hall–Kier alpha value is -2.69. The summed E-state index contributed by atoms with van der Waals surface area (Å²) in [6.07, 6.45) is 0.431. The van der Waals surface area contributed by atoms with Crippen molar-refractivity contribution in [2.75, 3.05) is 7.11 Å². The van der Waals surface area contributed by atoms with E-state index in [9.17, 15) is 14.0 Å². The molecule has 0 saturated heterocycles. The van der Waals surface area contributed by atoms with Gasteiger partial charge in [0.25, 0.3) is 0 Å². The van der Waals surface area contributed by atoms with Crippen LogP contribution in [0.15, 0.2) is 42.5 Å². The Morgan fingerprint density at radius 3 is 2.24 bits per heavy atom. The predicted molar refractivity (Wildman–Crippen MR) is 93.7 cm³/mol. The molecule has 25 heavy (non-hydrogen) atoms. The fraction of sp³-hybridized carbons (Fsp3) is 0.300. The Balaban J connectivity index is 2.11. The maximum Gasteiger partial charge on any atom is 0.328 e. The van der Waals surface area contributed by atoms with E-state index in [0.717, 1.165) is 16.7 Å². The number of carbonyl (C=O) groups excluding carboxylic acids is 2. The number of halogens is 1. The molecule has 0 aliphatic rings. The van der Waals surface area contributed by atoms with Crippen molar-refractivity contribution in [3.05, 3.63) is 70.5 Å². The van der Waals surface area contributed by atoms with E-state index in [2.05, 4.69) is 5.32 Å². The molecule has 0 unspecified atom stereocenters. The number of aryl methyl sites for hydroxylation is 2. The lowest BCUT2D eigenvalue weighted by Crippen LogP contribution is -2.44. The van der Waals surface area contributed by atoms with E-state index in [1.54, 1.807) is 12.1 Å². The van der Waals surface area contributed by atoms with E-state index in [1.165, 1.54) is 19.2 Å². The normalized spacial score (nSPS) is 11.7. The van der Waals surface area contributed by atoms with Gasteiger partial charge in [-0.3, -0.25) is 4.79 Å². The second-order valence-electron chi connectivity index (χ2n) is 6.02. The van der Waals surface area contributed by atoms with Crippen LogP contribution >= 0.6 is 0 Å². The zero-order chi connectivity index (χ0) is 18.4. The second kappa shape index (κ2) is 8.42. The van der Waals surface area contributed by atoms with E-state index >= 15 is 0 Å². The lowest BCUT2D eigenvalue weighted by molar-refractivity contribution is -0.145. The number of hydrogen-bond donors (Lipinski definition) is 1. The smallest absolute Gasteiger partial charge is 0.328 e. The van der Waals surface area contributed by atoms with Crippen molar-refractivity contribution in [3.63, 3.8) is 0 Å². The molecule has 4 nitrogen and oxygen atoms in total. The molecular weight excluding hydrogens is 321 g/mol. The van der Waals surface area contributed by atoms with Crippen molar-refractivity contribution in [1.29, 1.82) is 0 Å².